The Morgan fingerprint density at radius 3 is 2.50 bits per heavy atom. The molecule has 2 rings (SSSR count). The first-order valence-corrected chi connectivity index (χ1v) is 7.36. The Labute approximate surface area is 113 Å². The normalized spacial score (nSPS) is 11.4. The van der Waals surface area contributed by atoms with Gasteiger partial charge in [-0.05, 0) is 28.1 Å². The van der Waals surface area contributed by atoms with Crippen molar-refractivity contribution in [3.63, 3.8) is 0 Å². The molecule has 7 heteroatoms. The molecule has 0 unspecified atom stereocenters. The van der Waals surface area contributed by atoms with Crippen LogP contribution in [0.5, 0.6) is 0 Å². The molecule has 18 heavy (non-hydrogen) atoms. The topological polar surface area (TPSA) is 85.3 Å². The van der Waals surface area contributed by atoms with Gasteiger partial charge in [-0.3, -0.25) is 4.72 Å². The second-order valence-electron chi connectivity index (χ2n) is 3.53. The van der Waals surface area contributed by atoms with Gasteiger partial charge in [0.05, 0.1) is 6.54 Å². The maximum absolute atomic E-state index is 12.1. The number of nitrogens with two attached hydrogens (primary N) is 1. The van der Waals surface area contributed by atoms with E-state index in [2.05, 4.69) is 20.7 Å². The molecule has 0 amide bonds. The van der Waals surface area contributed by atoms with Crippen molar-refractivity contribution in [3.05, 3.63) is 46.8 Å². The second-order valence-corrected chi connectivity index (χ2v) is 5.90. The first kappa shape index (κ1) is 13.1. The molecule has 0 atom stereocenters. The molecule has 96 valence electrons. The summed E-state index contributed by atoms with van der Waals surface area (Å²) in [5.74, 6) is 0.398. The van der Waals surface area contributed by atoms with Gasteiger partial charge in [-0.1, -0.05) is 18.2 Å². The third-order valence-corrected chi connectivity index (χ3v) is 4.46. The lowest BCUT2D eigenvalue weighted by Gasteiger charge is -2.05. The summed E-state index contributed by atoms with van der Waals surface area (Å²) >= 11 is 3.07. The van der Waals surface area contributed by atoms with Crippen LogP contribution in [0.2, 0.25) is 0 Å². The highest BCUT2D eigenvalue weighted by atomic mass is 79.9. The number of halogens is 1. The van der Waals surface area contributed by atoms with E-state index in [1.165, 1.54) is 6.07 Å². The molecular formula is C11H11BrN2O3S. The number of furan rings is 1. The molecule has 1 aromatic carbocycles. The first-order valence-electron chi connectivity index (χ1n) is 5.09. The molecule has 0 aliphatic rings. The van der Waals surface area contributed by atoms with Gasteiger partial charge in [0.15, 0.2) is 4.67 Å². The highest BCUT2D eigenvalue weighted by Gasteiger charge is 2.22. The van der Waals surface area contributed by atoms with Crippen LogP contribution in [0.1, 0.15) is 5.76 Å². The van der Waals surface area contributed by atoms with Crippen LogP contribution in [0.4, 0.5) is 5.69 Å². The Kier molecular flexibility index (Phi) is 3.74. The van der Waals surface area contributed by atoms with E-state index in [1.54, 1.807) is 30.3 Å². The summed E-state index contributed by atoms with van der Waals surface area (Å²) < 4.78 is 32.0. The van der Waals surface area contributed by atoms with Crippen LogP contribution in [-0.2, 0) is 16.6 Å². The van der Waals surface area contributed by atoms with Crippen molar-refractivity contribution >= 4 is 31.6 Å². The number of rotatable bonds is 4. The van der Waals surface area contributed by atoms with Crippen LogP contribution in [0.15, 0.2) is 50.4 Å². The summed E-state index contributed by atoms with van der Waals surface area (Å²) in [5.41, 5.74) is 5.88. The zero-order valence-corrected chi connectivity index (χ0v) is 11.7. The number of nitrogens with one attached hydrogen (secondary N) is 1. The molecule has 0 bridgehead atoms. The van der Waals surface area contributed by atoms with E-state index in [1.807, 2.05) is 0 Å². The van der Waals surface area contributed by atoms with Crippen molar-refractivity contribution in [2.45, 2.75) is 11.4 Å². The third kappa shape index (κ3) is 2.74. The van der Waals surface area contributed by atoms with Gasteiger partial charge in [-0.2, -0.15) is 0 Å². The van der Waals surface area contributed by atoms with Crippen LogP contribution >= 0.6 is 15.9 Å². The number of sulfonamides is 1. The SMILES string of the molecule is NCc1cc(S(=O)(=O)Nc2ccccc2)c(Br)o1. The average Bonchev–Trinajstić information content (AvgIpc) is 2.72. The zero-order chi connectivity index (χ0) is 13.2. The molecule has 0 saturated carbocycles. The van der Waals surface area contributed by atoms with Crippen molar-refractivity contribution in [1.29, 1.82) is 0 Å². The minimum Gasteiger partial charge on any atom is -0.452 e. The van der Waals surface area contributed by atoms with Crippen molar-refractivity contribution in [2.75, 3.05) is 4.72 Å². The molecule has 0 spiro atoms. The van der Waals surface area contributed by atoms with E-state index < -0.39 is 10.0 Å². The summed E-state index contributed by atoms with van der Waals surface area (Å²) in [5, 5.41) is 0. The minimum absolute atomic E-state index is 0.0341. The van der Waals surface area contributed by atoms with Gasteiger partial charge in [0.25, 0.3) is 10.0 Å². The predicted molar refractivity (Wildman–Crippen MR) is 71.5 cm³/mol. The number of benzene rings is 1. The van der Waals surface area contributed by atoms with Crippen LogP contribution in [-0.4, -0.2) is 8.42 Å². The van der Waals surface area contributed by atoms with Crippen molar-refractivity contribution < 1.29 is 12.8 Å². The van der Waals surface area contributed by atoms with Gasteiger partial charge >= 0.3 is 0 Å². The fourth-order valence-corrected chi connectivity index (χ4v) is 3.46. The van der Waals surface area contributed by atoms with E-state index in [4.69, 9.17) is 10.2 Å². The van der Waals surface area contributed by atoms with Gasteiger partial charge in [-0.25, -0.2) is 8.42 Å². The van der Waals surface area contributed by atoms with Crippen LogP contribution in [0, 0.1) is 0 Å². The molecule has 5 nitrogen and oxygen atoms in total. The number of para-hydroxylation sites is 1. The van der Waals surface area contributed by atoms with Gasteiger partial charge in [0.1, 0.15) is 10.7 Å². The third-order valence-electron chi connectivity index (χ3n) is 2.22. The highest BCUT2D eigenvalue weighted by Crippen LogP contribution is 2.27. The van der Waals surface area contributed by atoms with Crippen molar-refractivity contribution in [1.82, 2.24) is 0 Å². The molecule has 0 aliphatic heterocycles. The largest absolute Gasteiger partial charge is 0.452 e. The highest BCUT2D eigenvalue weighted by molar-refractivity contribution is 9.10. The standard InChI is InChI=1S/C11H11BrN2O3S/c12-11-10(6-9(7-13)17-11)18(15,16)14-8-4-2-1-3-5-8/h1-6,14H,7,13H2. The molecule has 0 fully saturated rings. The molecule has 1 aromatic heterocycles. The van der Waals surface area contributed by atoms with E-state index >= 15 is 0 Å². The Hall–Kier alpha value is -1.31. The summed E-state index contributed by atoms with van der Waals surface area (Å²) in [6, 6.07) is 10.0. The quantitative estimate of drug-likeness (QED) is 0.900. The van der Waals surface area contributed by atoms with Crippen LogP contribution in [0.25, 0.3) is 0 Å². The second kappa shape index (κ2) is 5.13. The van der Waals surface area contributed by atoms with Crippen LogP contribution in [0.3, 0.4) is 0 Å². The number of anilines is 1. The summed E-state index contributed by atoms with van der Waals surface area (Å²) in [6.45, 7) is 0.138. The number of hydrogen-bond acceptors (Lipinski definition) is 4. The maximum atomic E-state index is 12.1. The minimum atomic E-state index is -3.68. The molecule has 0 aliphatic carbocycles. The molecule has 3 N–H and O–H groups in total. The Morgan fingerprint density at radius 2 is 1.94 bits per heavy atom. The van der Waals surface area contributed by atoms with E-state index in [0.29, 0.717) is 11.4 Å². The fourth-order valence-electron chi connectivity index (χ4n) is 1.40. The predicted octanol–water partition coefficient (Wildman–Crippen LogP) is 2.30. The van der Waals surface area contributed by atoms with Gasteiger partial charge in [0.2, 0.25) is 0 Å². The van der Waals surface area contributed by atoms with Crippen molar-refractivity contribution in [3.8, 4) is 0 Å². The first-order chi connectivity index (χ1) is 8.53. The summed E-state index contributed by atoms with van der Waals surface area (Å²) in [6.07, 6.45) is 0. The average molecular weight is 331 g/mol. The van der Waals surface area contributed by atoms with Gasteiger partial charge < -0.3 is 10.2 Å². The monoisotopic (exact) mass is 330 g/mol. The lowest BCUT2D eigenvalue weighted by molar-refractivity contribution is 0.484. The Balaban J connectivity index is 2.34. The Bertz CT molecular complexity index is 638. The smallest absolute Gasteiger partial charge is 0.266 e. The summed E-state index contributed by atoms with van der Waals surface area (Å²) in [4.78, 5) is 0.0341. The van der Waals surface area contributed by atoms with Gasteiger partial charge in [0, 0.05) is 11.8 Å². The van der Waals surface area contributed by atoms with E-state index in [9.17, 15) is 8.42 Å². The molecule has 0 saturated heterocycles. The molecule has 1 heterocycles. The van der Waals surface area contributed by atoms with Crippen LogP contribution < -0.4 is 10.5 Å². The fraction of sp³-hybridized carbons (Fsp3) is 0.0909. The molecule has 2 aromatic rings. The lowest BCUT2D eigenvalue weighted by Crippen LogP contribution is -2.12. The van der Waals surface area contributed by atoms with E-state index in [-0.39, 0.29) is 16.1 Å². The maximum Gasteiger partial charge on any atom is 0.266 e. The molecular weight excluding hydrogens is 320 g/mol. The summed E-state index contributed by atoms with van der Waals surface area (Å²) in [7, 11) is -3.68. The zero-order valence-electron chi connectivity index (χ0n) is 9.26. The van der Waals surface area contributed by atoms with Gasteiger partial charge in [-0.15, -0.1) is 0 Å². The Morgan fingerprint density at radius 1 is 1.28 bits per heavy atom. The number of hydrogen-bond donors (Lipinski definition) is 2. The molecule has 0 radical (unpaired) electrons. The van der Waals surface area contributed by atoms with Crippen molar-refractivity contribution in [2.24, 2.45) is 5.73 Å². The lowest BCUT2D eigenvalue weighted by atomic mass is 10.3. The van der Waals surface area contributed by atoms with E-state index in [0.717, 1.165) is 0 Å².